The second kappa shape index (κ2) is 15.2. The van der Waals surface area contributed by atoms with Crippen LogP contribution in [-0.4, -0.2) is 117 Å². The lowest BCUT2D eigenvalue weighted by Gasteiger charge is -2.45. The lowest BCUT2D eigenvalue weighted by molar-refractivity contribution is -0.359. The maximum absolute atomic E-state index is 10.6. The fraction of sp³-hybridized carbons (Fsp3) is 1.00. The Hall–Kier alpha value is -0.440. The molecule has 0 amide bonds. The normalized spacial score (nSPS) is 40.4. The molecular weight excluding hydrogens is 476 g/mol. The first-order chi connectivity index (χ1) is 17.4. The van der Waals surface area contributed by atoms with Gasteiger partial charge in [-0.05, 0) is 12.3 Å². The predicted molar refractivity (Wildman–Crippen MR) is 127 cm³/mol. The zero-order valence-electron chi connectivity index (χ0n) is 21.0. The molecule has 10 unspecified atom stereocenters. The van der Waals surface area contributed by atoms with Gasteiger partial charge < -0.3 is 54.7 Å². The van der Waals surface area contributed by atoms with Gasteiger partial charge >= 0.3 is 0 Å². The molecule has 2 aliphatic heterocycles. The van der Waals surface area contributed by atoms with Crippen molar-refractivity contribution in [3.05, 3.63) is 0 Å². The molecule has 0 aromatic rings. The first-order valence-electron chi connectivity index (χ1n) is 13.6. The molecule has 0 aromatic carbocycles. The molecule has 2 saturated heterocycles. The summed E-state index contributed by atoms with van der Waals surface area (Å²) in [5, 5.41) is 70.3. The molecule has 11 heteroatoms. The topological polar surface area (TPSA) is 179 Å². The van der Waals surface area contributed by atoms with E-state index in [-0.39, 0.29) is 0 Å². The van der Waals surface area contributed by atoms with Gasteiger partial charge in [-0.25, -0.2) is 0 Å². The molecule has 2 heterocycles. The van der Waals surface area contributed by atoms with Crippen LogP contribution >= 0.6 is 0 Å². The summed E-state index contributed by atoms with van der Waals surface area (Å²) in [6.07, 6.45) is -0.730. The van der Waals surface area contributed by atoms with E-state index in [0.29, 0.717) is 6.61 Å². The summed E-state index contributed by atoms with van der Waals surface area (Å²) in [5.74, 6) is 0.909. The van der Waals surface area contributed by atoms with E-state index in [2.05, 4.69) is 0 Å². The Morgan fingerprint density at radius 1 is 0.611 bits per heavy atom. The molecule has 7 N–H and O–H groups in total. The van der Waals surface area contributed by atoms with E-state index in [1.807, 2.05) is 0 Å². The van der Waals surface area contributed by atoms with Crippen LogP contribution in [0.4, 0.5) is 0 Å². The van der Waals surface area contributed by atoms with Crippen LogP contribution < -0.4 is 0 Å². The largest absolute Gasteiger partial charge is 0.394 e. The molecule has 0 aromatic heterocycles. The van der Waals surface area contributed by atoms with Crippen LogP contribution in [0.1, 0.15) is 70.6 Å². The quantitative estimate of drug-likeness (QED) is 0.156. The SMILES string of the molecule is OCC1OC(OC2C(CO)OC(OCCCCCCCC3CCCCC3)C(O)C2O)C(O)C(O)C1O. The molecule has 36 heavy (non-hydrogen) atoms. The third-order valence-electron chi connectivity index (χ3n) is 7.72. The van der Waals surface area contributed by atoms with Gasteiger partial charge in [-0.15, -0.1) is 0 Å². The molecule has 11 nitrogen and oxygen atoms in total. The monoisotopic (exact) mass is 522 g/mol. The van der Waals surface area contributed by atoms with E-state index in [0.717, 1.165) is 25.2 Å². The van der Waals surface area contributed by atoms with Gasteiger partial charge in [-0.2, -0.15) is 0 Å². The Bertz CT molecular complexity index is 601. The van der Waals surface area contributed by atoms with Gasteiger partial charge in [0.15, 0.2) is 12.6 Å². The summed E-state index contributed by atoms with van der Waals surface area (Å²) in [7, 11) is 0. The van der Waals surface area contributed by atoms with Crippen LogP contribution in [0.15, 0.2) is 0 Å². The molecule has 3 fully saturated rings. The Labute approximate surface area is 212 Å². The highest BCUT2D eigenvalue weighted by molar-refractivity contribution is 4.94. The van der Waals surface area contributed by atoms with E-state index in [1.54, 1.807) is 0 Å². The van der Waals surface area contributed by atoms with Crippen LogP contribution in [0.5, 0.6) is 0 Å². The van der Waals surface area contributed by atoms with Gasteiger partial charge in [0.05, 0.1) is 13.2 Å². The first-order valence-corrected chi connectivity index (χ1v) is 13.6. The van der Waals surface area contributed by atoms with Crippen molar-refractivity contribution < 1.29 is 54.7 Å². The summed E-state index contributed by atoms with van der Waals surface area (Å²) in [6, 6.07) is 0. The highest BCUT2D eigenvalue weighted by atomic mass is 16.7. The molecule has 212 valence electrons. The van der Waals surface area contributed by atoms with Crippen molar-refractivity contribution in [3.63, 3.8) is 0 Å². The third-order valence-corrected chi connectivity index (χ3v) is 7.72. The van der Waals surface area contributed by atoms with Crippen LogP contribution in [0.25, 0.3) is 0 Å². The summed E-state index contributed by atoms with van der Waals surface area (Å²) in [5.41, 5.74) is 0. The second-order valence-electron chi connectivity index (χ2n) is 10.4. The highest BCUT2D eigenvalue weighted by Crippen LogP contribution is 2.30. The fourth-order valence-corrected chi connectivity index (χ4v) is 5.43. The number of hydrogen-bond donors (Lipinski definition) is 7. The van der Waals surface area contributed by atoms with E-state index in [1.165, 1.54) is 51.4 Å². The number of hydrogen-bond acceptors (Lipinski definition) is 11. The van der Waals surface area contributed by atoms with Crippen molar-refractivity contribution in [2.75, 3.05) is 19.8 Å². The number of unbranched alkanes of at least 4 members (excludes halogenated alkanes) is 4. The minimum Gasteiger partial charge on any atom is -0.394 e. The number of aliphatic hydroxyl groups is 7. The smallest absolute Gasteiger partial charge is 0.187 e. The minimum absolute atomic E-state index is 0.327. The number of rotatable bonds is 13. The van der Waals surface area contributed by atoms with Crippen LogP contribution in [-0.2, 0) is 18.9 Å². The summed E-state index contributed by atoms with van der Waals surface area (Å²) in [4.78, 5) is 0. The Balaban J connectivity index is 1.38. The van der Waals surface area contributed by atoms with Crippen LogP contribution in [0, 0.1) is 5.92 Å². The van der Waals surface area contributed by atoms with Gasteiger partial charge in [-0.1, -0.05) is 64.2 Å². The molecule has 3 aliphatic rings. The molecule has 1 aliphatic carbocycles. The zero-order chi connectivity index (χ0) is 26.1. The molecule has 3 rings (SSSR count). The van der Waals surface area contributed by atoms with Gasteiger partial charge in [0.1, 0.15) is 48.8 Å². The number of ether oxygens (including phenoxy) is 4. The Morgan fingerprint density at radius 2 is 1.22 bits per heavy atom. The van der Waals surface area contributed by atoms with E-state index in [9.17, 15) is 35.7 Å². The van der Waals surface area contributed by atoms with Crippen molar-refractivity contribution in [3.8, 4) is 0 Å². The van der Waals surface area contributed by atoms with Crippen molar-refractivity contribution in [1.82, 2.24) is 0 Å². The summed E-state index contributed by atoms with van der Waals surface area (Å²) >= 11 is 0. The lowest BCUT2D eigenvalue weighted by Crippen LogP contribution is -2.64. The van der Waals surface area contributed by atoms with E-state index < -0.39 is 74.6 Å². The van der Waals surface area contributed by atoms with Gasteiger partial charge in [0.2, 0.25) is 0 Å². The van der Waals surface area contributed by atoms with Gasteiger partial charge in [0.25, 0.3) is 0 Å². The maximum Gasteiger partial charge on any atom is 0.187 e. The second-order valence-corrected chi connectivity index (χ2v) is 10.4. The van der Waals surface area contributed by atoms with E-state index in [4.69, 9.17) is 18.9 Å². The third kappa shape index (κ3) is 8.03. The van der Waals surface area contributed by atoms with Crippen molar-refractivity contribution in [1.29, 1.82) is 0 Å². The maximum atomic E-state index is 10.6. The standard InChI is InChI=1S/C25H46O11/c26-13-16-18(28)19(29)21(31)25(34-16)36-23-17(14-27)35-24(22(32)20(23)30)33-12-8-3-1-2-5-9-15-10-6-4-7-11-15/h15-32H,1-14H2. The van der Waals surface area contributed by atoms with Crippen molar-refractivity contribution >= 4 is 0 Å². The minimum atomic E-state index is -1.69. The average Bonchev–Trinajstić information content (AvgIpc) is 2.90. The Kier molecular flexibility index (Phi) is 12.7. The first kappa shape index (κ1) is 30.1. The Morgan fingerprint density at radius 3 is 1.92 bits per heavy atom. The van der Waals surface area contributed by atoms with Crippen molar-refractivity contribution in [2.24, 2.45) is 5.92 Å². The fourth-order valence-electron chi connectivity index (χ4n) is 5.43. The molecular formula is C25H46O11. The average molecular weight is 523 g/mol. The van der Waals surface area contributed by atoms with Gasteiger partial charge in [0, 0.05) is 6.61 Å². The zero-order valence-corrected chi connectivity index (χ0v) is 21.0. The van der Waals surface area contributed by atoms with Crippen molar-refractivity contribution in [2.45, 2.75) is 132 Å². The lowest BCUT2D eigenvalue weighted by atomic mass is 9.85. The molecule has 0 radical (unpaired) electrons. The van der Waals surface area contributed by atoms with Crippen LogP contribution in [0.3, 0.4) is 0 Å². The highest BCUT2D eigenvalue weighted by Gasteiger charge is 2.50. The van der Waals surface area contributed by atoms with Gasteiger partial charge in [-0.3, -0.25) is 0 Å². The summed E-state index contributed by atoms with van der Waals surface area (Å²) < 4.78 is 22.1. The predicted octanol–water partition coefficient (Wildman–Crippen LogP) is -0.452. The molecule has 0 bridgehead atoms. The summed E-state index contributed by atoms with van der Waals surface area (Å²) in [6.45, 7) is -0.892. The molecule has 1 saturated carbocycles. The molecule has 0 spiro atoms. The van der Waals surface area contributed by atoms with Crippen LogP contribution in [0.2, 0.25) is 0 Å². The van der Waals surface area contributed by atoms with E-state index >= 15 is 0 Å². The molecule has 10 atom stereocenters. The number of aliphatic hydroxyl groups excluding tert-OH is 7.